The van der Waals surface area contributed by atoms with Gasteiger partial charge in [-0.1, -0.05) is 54.6 Å². The molecule has 0 saturated carbocycles. The summed E-state index contributed by atoms with van der Waals surface area (Å²) in [7, 11) is 2.09. The first-order chi connectivity index (χ1) is 15.7. The number of hydrogen-bond donors (Lipinski definition) is 0. The van der Waals surface area contributed by atoms with Crippen molar-refractivity contribution in [3.8, 4) is 17.2 Å². The molecule has 0 radical (unpaired) electrons. The van der Waals surface area contributed by atoms with Crippen molar-refractivity contribution in [2.45, 2.75) is 38.4 Å². The highest BCUT2D eigenvalue weighted by atomic mass is 32.1. The highest BCUT2D eigenvalue weighted by molar-refractivity contribution is 7.17. The smallest absolute Gasteiger partial charge is 0.263 e. The molecule has 1 aliphatic rings. The molecule has 4 aromatic rings. The van der Waals surface area contributed by atoms with Gasteiger partial charge in [0.1, 0.15) is 17.2 Å². The molecule has 0 amide bonds. The van der Waals surface area contributed by atoms with E-state index in [0.29, 0.717) is 17.8 Å². The van der Waals surface area contributed by atoms with Crippen molar-refractivity contribution < 1.29 is 0 Å². The fraction of sp³-hybridized carbons (Fsp3) is 0.269. The van der Waals surface area contributed by atoms with Gasteiger partial charge in [-0.3, -0.25) is 14.3 Å². The second kappa shape index (κ2) is 8.70. The molecule has 6 heteroatoms. The van der Waals surface area contributed by atoms with Crippen molar-refractivity contribution in [2.75, 3.05) is 7.05 Å². The fourth-order valence-corrected chi connectivity index (χ4v) is 5.73. The van der Waals surface area contributed by atoms with Crippen LogP contribution in [0.4, 0.5) is 0 Å². The van der Waals surface area contributed by atoms with E-state index >= 15 is 0 Å². The van der Waals surface area contributed by atoms with E-state index in [-0.39, 0.29) is 18.1 Å². The van der Waals surface area contributed by atoms with Crippen LogP contribution in [0.25, 0.3) is 21.3 Å². The van der Waals surface area contributed by atoms with Crippen LogP contribution in [-0.2, 0) is 19.5 Å². The topological polar surface area (TPSA) is 61.9 Å². The Morgan fingerprint density at radius 3 is 2.78 bits per heavy atom. The summed E-state index contributed by atoms with van der Waals surface area (Å²) in [5.41, 5.74) is 4.50. The number of aryl methyl sites for hydroxylation is 1. The minimum Gasteiger partial charge on any atom is -0.292 e. The SMILES string of the molecule is CN(Cc1nc2scc(-c3ccccc3)c2c(=O)n1CC#N)[C@H]1CCCc2ccccc21. The number of thiophene rings is 1. The van der Waals surface area contributed by atoms with Crippen LogP contribution in [0.2, 0.25) is 0 Å². The van der Waals surface area contributed by atoms with Gasteiger partial charge in [0.2, 0.25) is 0 Å². The average molecular weight is 441 g/mol. The second-order valence-electron chi connectivity index (χ2n) is 8.29. The van der Waals surface area contributed by atoms with E-state index in [4.69, 9.17) is 4.98 Å². The van der Waals surface area contributed by atoms with Gasteiger partial charge in [0.05, 0.1) is 18.0 Å². The molecule has 0 aliphatic heterocycles. The Kier molecular flexibility index (Phi) is 5.60. The highest BCUT2D eigenvalue weighted by Crippen LogP contribution is 2.35. The van der Waals surface area contributed by atoms with Crippen molar-refractivity contribution in [1.82, 2.24) is 14.5 Å². The first-order valence-corrected chi connectivity index (χ1v) is 11.8. The monoisotopic (exact) mass is 440 g/mol. The molecular formula is C26H24N4OS. The Balaban J connectivity index is 1.56. The van der Waals surface area contributed by atoms with Crippen LogP contribution < -0.4 is 5.56 Å². The van der Waals surface area contributed by atoms with E-state index < -0.39 is 0 Å². The largest absolute Gasteiger partial charge is 0.292 e. The summed E-state index contributed by atoms with van der Waals surface area (Å²) >= 11 is 1.49. The van der Waals surface area contributed by atoms with E-state index in [1.165, 1.54) is 22.5 Å². The van der Waals surface area contributed by atoms with E-state index in [2.05, 4.69) is 42.3 Å². The summed E-state index contributed by atoms with van der Waals surface area (Å²) in [4.78, 5) is 21.4. The molecule has 2 heterocycles. The molecule has 0 N–H and O–H groups in total. The quantitative estimate of drug-likeness (QED) is 0.430. The molecule has 0 saturated heterocycles. The van der Waals surface area contributed by atoms with Crippen molar-refractivity contribution in [3.05, 3.63) is 87.3 Å². The number of fused-ring (bicyclic) bond motifs is 2. The minimum atomic E-state index is -0.135. The first kappa shape index (κ1) is 20.6. The number of aromatic nitrogens is 2. The van der Waals surface area contributed by atoms with E-state index in [1.807, 2.05) is 35.7 Å². The lowest BCUT2D eigenvalue weighted by Crippen LogP contribution is -2.32. The third kappa shape index (κ3) is 3.64. The fourth-order valence-electron chi connectivity index (χ4n) is 4.77. The van der Waals surface area contributed by atoms with Crippen LogP contribution in [0.3, 0.4) is 0 Å². The maximum atomic E-state index is 13.5. The molecule has 2 aromatic heterocycles. The molecular weight excluding hydrogens is 416 g/mol. The molecule has 0 spiro atoms. The van der Waals surface area contributed by atoms with Gasteiger partial charge in [-0.25, -0.2) is 4.98 Å². The molecule has 160 valence electrons. The van der Waals surface area contributed by atoms with Gasteiger partial charge in [0.15, 0.2) is 0 Å². The van der Waals surface area contributed by atoms with E-state index in [1.54, 1.807) is 4.57 Å². The molecule has 1 atom stereocenters. The van der Waals surface area contributed by atoms with Gasteiger partial charge < -0.3 is 0 Å². The van der Waals surface area contributed by atoms with Gasteiger partial charge in [-0.15, -0.1) is 11.3 Å². The highest BCUT2D eigenvalue weighted by Gasteiger charge is 2.25. The minimum absolute atomic E-state index is 0.00369. The molecule has 32 heavy (non-hydrogen) atoms. The van der Waals surface area contributed by atoms with Gasteiger partial charge in [-0.05, 0) is 43.0 Å². The molecule has 5 nitrogen and oxygen atoms in total. The zero-order valence-electron chi connectivity index (χ0n) is 18.0. The number of benzene rings is 2. The molecule has 2 aromatic carbocycles. The van der Waals surface area contributed by atoms with E-state index in [0.717, 1.165) is 35.2 Å². The van der Waals surface area contributed by atoms with Crippen LogP contribution in [-0.4, -0.2) is 21.5 Å². The van der Waals surface area contributed by atoms with Gasteiger partial charge in [0, 0.05) is 17.0 Å². The van der Waals surface area contributed by atoms with Gasteiger partial charge in [0.25, 0.3) is 5.56 Å². The predicted molar refractivity (Wildman–Crippen MR) is 129 cm³/mol. The molecule has 5 rings (SSSR count). The summed E-state index contributed by atoms with van der Waals surface area (Å²) in [6.07, 6.45) is 3.34. The van der Waals surface area contributed by atoms with Gasteiger partial charge >= 0.3 is 0 Å². The van der Waals surface area contributed by atoms with Crippen LogP contribution in [0.1, 0.15) is 35.8 Å². The summed E-state index contributed by atoms with van der Waals surface area (Å²) < 4.78 is 1.55. The Hall–Kier alpha value is -3.27. The number of hydrogen-bond acceptors (Lipinski definition) is 5. The lowest BCUT2D eigenvalue weighted by Gasteiger charge is -2.33. The zero-order valence-corrected chi connectivity index (χ0v) is 18.8. The third-order valence-electron chi connectivity index (χ3n) is 6.35. The Morgan fingerprint density at radius 1 is 1.19 bits per heavy atom. The van der Waals surface area contributed by atoms with Crippen molar-refractivity contribution in [1.29, 1.82) is 5.26 Å². The summed E-state index contributed by atoms with van der Waals surface area (Å²) in [5.74, 6) is 0.649. The molecule has 1 aliphatic carbocycles. The normalized spacial score (nSPS) is 15.6. The molecule has 0 fully saturated rings. The lowest BCUT2D eigenvalue weighted by molar-refractivity contribution is 0.205. The zero-order chi connectivity index (χ0) is 22.1. The van der Waals surface area contributed by atoms with Crippen molar-refractivity contribution >= 4 is 21.6 Å². The van der Waals surface area contributed by atoms with Crippen LogP contribution in [0, 0.1) is 11.3 Å². The average Bonchev–Trinajstić information content (AvgIpc) is 3.26. The Labute approximate surface area is 191 Å². The van der Waals surface area contributed by atoms with Crippen LogP contribution >= 0.6 is 11.3 Å². The predicted octanol–water partition coefficient (Wildman–Crippen LogP) is 5.16. The summed E-state index contributed by atoms with van der Waals surface area (Å²) in [6.45, 7) is 0.515. The summed E-state index contributed by atoms with van der Waals surface area (Å²) in [5, 5.41) is 12.0. The van der Waals surface area contributed by atoms with Crippen LogP contribution in [0.15, 0.2) is 64.8 Å². The van der Waals surface area contributed by atoms with Crippen LogP contribution in [0.5, 0.6) is 0 Å². The standard InChI is InChI=1S/C26H24N4OS/c1-29(22-13-7-11-18-10-5-6-12-20(18)22)16-23-28-25-24(26(31)30(23)15-14-27)21(17-32-25)19-8-3-2-4-9-19/h2-6,8-10,12,17,22H,7,11,13,15-16H2,1H3/t22-/m0/s1. The lowest BCUT2D eigenvalue weighted by atomic mass is 9.87. The maximum Gasteiger partial charge on any atom is 0.263 e. The number of nitrogens with zero attached hydrogens (tertiary/aromatic N) is 4. The van der Waals surface area contributed by atoms with E-state index in [9.17, 15) is 10.1 Å². The number of nitriles is 1. The number of rotatable bonds is 5. The third-order valence-corrected chi connectivity index (χ3v) is 7.22. The van der Waals surface area contributed by atoms with Crippen molar-refractivity contribution in [2.24, 2.45) is 0 Å². The van der Waals surface area contributed by atoms with Crippen molar-refractivity contribution in [3.63, 3.8) is 0 Å². The molecule has 0 bridgehead atoms. The maximum absolute atomic E-state index is 13.5. The first-order valence-electron chi connectivity index (χ1n) is 10.9. The second-order valence-corrected chi connectivity index (χ2v) is 9.15. The Bertz CT molecular complexity index is 1370. The Morgan fingerprint density at radius 2 is 1.97 bits per heavy atom. The summed E-state index contributed by atoms with van der Waals surface area (Å²) in [6, 6.07) is 20.9. The molecule has 0 unspecified atom stereocenters. The van der Waals surface area contributed by atoms with Gasteiger partial charge in [-0.2, -0.15) is 5.26 Å².